The fourth-order valence-electron chi connectivity index (χ4n) is 3.59. The Morgan fingerprint density at radius 3 is 2.53 bits per heavy atom. The van der Waals surface area contributed by atoms with Gasteiger partial charge >= 0.3 is 0 Å². The van der Waals surface area contributed by atoms with Gasteiger partial charge in [-0.3, -0.25) is 0 Å². The van der Waals surface area contributed by atoms with Crippen LogP contribution in [0.2, 0.25) is 0 Å². The highest BCUT2D eigenvalue weighted by Gasteiger charge is 2.16. The van der Waals surface area contributed by atoms with Crippen LogP contribution in [-0.4, -0.2) is 46.1 Å². The minimum atomic E-state index is -0.622. The Morgan fingerprint density at radius 1 is 0.969 bits per heavy atom. The summed E-state index contributed by atoms with van der Waals surface area (Å²) in [7, 11) is 0. The summed E-state index contributed by atoms with van der Waals surface area (Å²) in [6.45, 7) is 2.44. The predicted molar refractivity (Wildman–Crippen MR) is 117 cm³/mol. The number of hydrogen-bond acceptors (Lipinski definition) is 6. The van der Waals surface area contributed by atoms with Gasteiger partial charge in [0.05, 0.1) is 25.1 Å². The largest absolute Gasteiger partial charge is 0.378 e. The molecule has 3 heterocycles. The SMILES string of the molecule is Fc1cc(-c2nc(Nc3ccc(-n4cccn4)cc3)ncc2F)cc(N2CCOCC2)c1. The van der Waals surface area contributed by atoms with E-state index < -0.39 is 11.6 Å². The molecule has 0 saturated carbocycles. The molecule has 0 spiro atoms. The highest BCUT2D eigenvalue weighted by atomic mass is 19.1. The third kappa shape index (κ3) is 4.28. The highest BCUT2D eigenvalue weighted by molar-refractivity contribution is 5.68. The summed E-state index contributed by atoms with van der Waals surface area (Å²) in [6, 6.07) is 13.8. The number of anilines is 3. The molecule has 0 aliphatic carbocycles. The fraction of sp³-hybridized carbons (Fsp3) is 0.174. The number of aromatic nitrogens is 4. The van der Waals surface area contributed by atoms with Crippen molar-refractivity contribution in [2.75, 3.05) is 36.5 Å². The van der Waals surface area contributed by atoms with Crippen molar-refractivity contribution in [2.45, 2.75) is 0 Å². The quantitative estimate of drug-likeness (QED) is 0.508. The zero-order chi connectivity index (χ0) is 21.9. The Morgan fingerprint density at radius 2 is 1.78 bits per heavy atom. The van der Waals surface area contributed by atoms with Gasteiger partial charge in [0.1, 0.15) is 11.5 Å². The summed E-state index contributed by atoms with van der Waals surface area (Å²) in [6.07, 6.45) is 4.64. The second-order valence-corrected chi connectivity index (χ2v) is 7.31. The van der Waals surface area contributed by atoms with Crippen LogP contribution in [0.25, 0.3) is 16.9 Å². The topological polar surface area (TPSA) is 68.1 Å². The van der Waals surface area contributed by atoms with Gasteiger partial charge in [-0.15, -0.1) is 0 Å². The van der Waals surface area contributed by atoms with Crippen molar-refractivity contribution < 1.29 is 13.5 Å². The lowest BCUT2D eigenvalue weighted by Gasteiger charge is -2.29. The molecule has 0 radical (unpaired) electrons. The molecule has 1 saturated heterocycles. The molecule has 1 fully saturated rings. The molecule has 0 unspecified atom stereocenters. The molecule has 9 heteroatoms. The van der Waals surface area contributed by atoms with Gasteiger partial charge in [0.2, 0.25) is 5.95 Å². The van der Waals surface area contributed by atoms with Gasteiger partial charge in [0, 0.05) is 42.4 Å². The lowest BCUT2D eigenvalue weighted by Crippen LogP contribution is -2.36. The van der Waals surface area contributed by atoms with Crippen LogP contribution in [0.1, 0.15) is 0 Å². The second-order valence-electron chi connectivity index (χ2n) is 7.31. The van der Waals surface area contributed by atoms with Gasteiger partial charge in [0.25, 0.3) is 0 Å². The Balaban J connectivity index is 1.41. The molecule has 0 amide bonds. The van der Waals surface area contributed by atoms with Crippen molar-refractivity contribution in [3.63, 3.8) is 0 Å². The zero-order valence-electron chi connectivity index (χ0n) is 17.1. The summed E-state index contributed by atoms with van der Waals surface area (Å²) in [5.41, 5.74) is 2.68. The molecule has 1 aliphatic rings. The van der Waals surface area contributed by atoms with Crippen molar-refractivity contribution in [1.82, 2.24) is 19.7 Å². The zero-order valence-corrected chi connectivity index (χ0v) is 17.1. The van der Waals surface area contributed by atoms with E-state index in [-0.39, 0.29) is 11.6 Å². The molecule has 0 bridgehead atoms. The summed E-state index contributed by atoms with van der Waals surface area (Å²) < 4.78 is 36.0. The molecular formula is C23H20F2N6O. The normalized spacial score (nSPS) is 13.9. The number of nitrogens with one attached hydrogen (secondary N) is 1. The summed E-state index contributed by atoms with van der Waals surface area (Å²) in [5.74, 6) is -0.862. The average Bonchev–Trinajstić information content (AvgIpc) is 3.36. The third-order valence-corrected chi connectivity index (χ3v) is 5.17. The van der Waals surface area contributed by atoms with E-state index in [1.54, 1.807) is 16.9 Å². The summed E-state index contributed by atoms with van der Waals surface area (Å²) >= 11 is 0. The minimum Gasteiger partial charge on any atom is -0.378 e. The maximum absolute atomic E-state index is 14.6. The molecular weight excluding hydrogens is 414 g/mol. The maximum Gasteiger partial charge on any atom is 0.227 e. The van der Waals surface area contributed by atoms with Crippen LogP contribution in [0.3, 0.4) is 0 Å². The molecule has 162 valence electrons. The smallest absolute Gasteiger partial charge is 0.227 e. The monoisotopic (exact) mass is 434 g/mol. The van der Waals surface area contributed by atoms with Crippen molar-refractivity contribution in [3.05, 3.63) is 78.8 Å². The Labute approximate surface area is 183 Å². The predicted octanol–water partition coefficient (Wildman–Crippen LogP) is 4.19. The standard InChI is InChI=1S/C23H20F2N6O/c24-17-12-16(13-20(14-17)30-8-10-32-11-9-30)22-21(25)15-26-23(29-22)28-18-2-4-19(5-3-18)31-7-1-6-27-31/h1-7,12-15H,8-11H2,(H,26,28,29). The van der Waals surface area contributed by atoms with Crippen LogP contribution < -0.4 is 10.2 Å². The van der Waals surface area contributed by atoms with E-state index in [0.29, 0.717) is 37.6 Å². The van der Waals surface area contributed by atoms with Crippen molar-refractivity contribution in [3.8, 4) is 16.9 Å². The van der Waals surface area contributed by atoms with Crippen LogP contribution in [0, 0.1) is 11.6 Å². The first-order chi connectivity index (χ1) is 15.7. The van der Waals surface area contributed by atoms with Gasteiger partial charge in [-0.1, -0.05) is 0 Å². The molecule has 2 aromatic heterocycles. The average molecular weight is 434 g/mol. The van der Waals surface area contributed by atoms with E-state index in [1.165, 1.54) is 12.1 Å². The maximum atomic E-state index is 14.6. The molecule has 32 heavy (non-hydrogen) atoms. The second kappa shape index (κ2) is 8.72. The Hall–Kier alpha value is -3.85. The first kappa shape index (κ1) is 20.1. The fourth-order valence-corrected chi connectivity index (χ4v) is 3.59. The van der Waals surface area contributed by atoms with Gasteiger partial charge in [0.15, 0.2) is 5.82 Å². The minimum absolute atomic E-state index is 0.0321. The molecule has 1 N–H and O–H groups in total. The number of ether oxygens (including phenoxy) is 1. The number of halogens is 2. The van der Waals surface area contributed by atoms with Crippen molar-refractivity contribution in [2.24, 2.45) is 0 Å². The van der Waals surface area contributed by atoms with Gasteiger partial charge < -0.3 is 15.0 Å². The lowest BCUT2D eigenvalue weighted by molar-refractivity contribution is 0.122. The van der Waals surface area contributed by atoms with Gasteiger partial charge in [-0.05, 0) is 48.5 Å². The van der Waals surface area contributed by atoms with E-state index in [9.17, 15) is 8.78 Å². The molecule has 5 rings (SSSR count). The molecule has 4 aromatic rings. The van der Waals surface area contributed by atoms with Crippen molar-refractivity contribution >= 4 is 17.3 Å². The number of morpholine rings is 1. The highest BCUT2D eigenvalue weighted by Crippen LogP contribution is 2.28. The van der Waals surface area contributed by atoms with Crippen LogP contribution >= 0.6 is 0 Å². The van der Waals surface area contributed by atoms with E-state index in [4.69, 9.17) is 4.74 Å². The van der Waals surface area contributed by atoms with Gasteiger partial charge in [-0.25, -0.2) is 23.4 Å². The van der Waals surface area contributed by atoms with Crippen molar-refractivity contribution in [1.29, 1.82) is 0 Å². The summed E-state index contributed by atoms with van der Waals surface area (Å²) in [5, 5.41) is 7.26. The number of benzene rings is 2. The molecule has 1 aliphatic heterocycles. The third-order valence-electron chi connectivity index (χ3n) is 5.17. The van der Waals surface area contributed by atoms with Gasteiger partial charge in [-0.2, -0.15) is 5.10 Å². The first-order valence-electron chi connectivity index (χ1n) is 10.2. The lowest BCUT2D eigenvalue weighted by atomic mass is 10.1. The first-order valence-corrected chi connectivity index (χ1v) is 10.2. The van der Waals surface area contributed by atoms with Crippen LogP contribution in [0.5, 0.6) is 0 Å². The van der Waals surface area contributed by atoms with E-state index in [0.717, 1.165) is 17.6 Å². The Bertz CT molecular complexity index is 1210. The molecule has 0 atom stereocenters. The van der Waals surface area contributed by atoms with Crippen LogP contribution in [0.4, 0.5) is 26.1 Å². The Kier molecular flexibility index (Phi) is 5.47. The van der Waals surface area contributed by atoms with E-state index in [2.05, 4.69) is 20.4 Å². The van der Waals surface area contributed by atoms with E-state index in [1.807, 2.05) is 41.4 Å². The van der Waals surface area contributed by atoms with E-state index >= 15 is 0 Å². The summed E-state index contributed by atoms with van der Waals surface area (Å²) in [4.78, 5) is 10.4. The number of hydrogen-bond donors (Lipinski definition) is 1. The van der Waals surface area contributed by atoms with Crippen LogP contribution in [0.15, 0.2) is 67.1 Å². The van der Waals surface area contributed by atoms with Crippen LogP contribution in [-0.2, 0) is 4.74 Å². The number of nitrogens with zero attached hydrogens (tertiary/aromatic N) is 5. The molecule has 2 aromatic carbocycles. The number of rotatable bonds is 5. The molecule has 7 nitrogen and oxygen atoms in total.